The van der Waals surface area contributed by atoms with Gasteiger partial charge in [-0.15, -0.1) is 0 Å². The number of fused-ring (bicyclic) bond motifs is 1. The molecule has 7 heteroatoms. The van der Waals surface area contributed by atoms with Crippen LogP contribution in [0.2, 0.25) is 0 Å². The molecule has 1 aromatic heterocycles. The molecule has 150 valence electrons. The summed E-state index contributed by atoms with van der Waals surface area (Å²) in [5.74, 6) is 0.0613. The fourth-order valence-electron chi connectivity index (χ4n) is 3.46. The van der Waals surface area contributed by atoms with Crippen molar-refractivity contribution < 1.29 is 14.3 Å². The SMILES string of the molecule is Cc1cc(C(=O)O[C@H](C)C(=O)Nc2ccnn2C(C)C)c2c(c1)[C@@H](C)CCN2. The van der Waals surface area contributed by atoms with Crippen molar-refractivity contribution in [2.75, 3.05) is 17.2 Å². The smallest absolute Gasteiger partial charge is 0.341 e. The summed E-state index contributed by atoms with van der Waals surface area (Å²) in [7, 11) is 0. The van der Waals surface area contributed by atoms with Gasteiger partial charge >= 0.3 is 5.97 Å². The van der Waals surface area contributed by atoms with Crippen molar-refractivity contribution in [3.8, 4) is 0 Å². The number of nitrogens with zero attached hydrogens (tertiary/aromatic N) is 2. The zero-order valence-corrected chi connectivity index (χ0v) is 17.1. The topological polar surface area (TPSA) is 85.2 Å². The second-order valence-corrected chi connectivity index (χ2v) is 7.68. The summed E-state index contributed by atoms with van der Waals surface area (Å²) in [4.78, 5) is 25.3. The van der Waals surface area contributed by atoms with Gasteiger partial charge in [-0.3, -0.25) is 4.79 Å². The highest BCUT2D eigenvalue weighted by Gasteiger charge is 2.26. The van der Waals surface area contributed by atoms with Crippen LogP contribution in [-0.4, -0.2) is 34.3 Å². The van der Waals surface area contributed by atoms with Crippen LogP contribution in [0.4, 0.5) is 11.5 Å². The molecular formula is C21H28N4O3. The lowest BCUT2D eigenvalue weighted by Crippen LogP contribution is -2.31. The highest BCUT2D eigenvalue weighted by molar-refractivity contribution is 6.00. The molecule has 1 amide bonds. The molecule has 1 aliphatic heterocycles. The van der Waals surface area contributed by atoms with Crippen LogP contribution in [0.15, 0.2) is 24.4 Å². The quantitative estimate of drug-likeness (QED) is 0.764. The van der Waals surface area contributed by atoms with E-state index in [1.165, 1.54) is 0 Å². The number of esters is 1. The Morgan fingerprint density at radius 1 is 1.32 bits per heavy atom. The third-order valence-electron chi connectivity index (χ3n) is 5.01. The van der Waals surface area contributed by atoms with Gasteiger partial charge in [-0.25, -0.2) is 9.48 Å². The average Bonchev–Trinajstić information content (AvgIpc) is 3.10. The Balaban J connectivity index is 1.74. The van der Waals surface area contributed by atoms with Gasteiger partial charge in [0.25, 0.3) is 5.91 Å². The molecule has 0 spiro atoms. The normalized spacial score (nSPS) is 16.9. The van der Waals surface area contributed by atoms with Crippen LogP contribution < -0.4 is 10.6 Å². The first kappa shape index (κ1) is 19.9. The van der Waals surface area contributed by atoms with E-state index in [0.29, 0.717) is 17.3 Å². The van der Waals surface area contributed by atoms with E-state index in [-0.39, 0.29) is 6.04 Å². The number of ether oxygens (including phenoxy) is 1. The molecule has 0 unspecified atom stereocenters. The minimum Gasteiger partial charge on any atom is -0.449 e. The van der Waals surface area contributed by atoms with Gasteiger partial charge in [-0.05, 0) is 57.2 Å². The van der Waals surface area contributed by atoms with Gasteiger partial charge in [-0.1, -0.05) is 13.0 Å². The standard InChI is InChI=1S/C21H28N4O3/c1-12(2)25-18(7-9-23-25)24-20(26)15(5)28-21(27)17-11-13(3)10-16-14(4)6-8-22-19(16)17/h7,9-12,14-15,22H,6,8H2,1-5H3,(H,24,26)/t14-,15+/m0/s1. The highest BCUT2D eigenvalue weighted by Crippen LogP contribution is 2.35. The molecule has 0 aliphatic carbocycles. The summed E-state index contributed by atoms with van der Waals surface area (Å²) in [5, 5.41) is 10.3. The van der Waals surface area contributed by atoms with Crippen LogP contribution in [0.25, 0.3) is 0 Å². The Hall–Kier alpha value is -2.83. The van der Waals surface area contributed by atoms with E-state index in [2.05, 4.69) is 28.7 Å². The monoisotopic (exact) mass is 384 g/mol. The number of rotatable bonds is 5. The minimum atomic E-state index is -0.930. The molecule has 0 fully saturated rings. The molecule has 3 rings (SSSR count). The molecular weight excluding hydrogens is 356 g/mol. The first-order valence-corrected chi connectivity index (χ1v) is 9.71. The second-order valence-electron chi connectivity index (χ2n) is 7.68. The Bertz CT molecular complexity index is 888. The van der Waals surface area contributed by atoms with Gasteiger partial charge in [0.2, 0.25) is 0 Å². The first-order valence-electron chi connectivity index (χ1n) is 9.71. The van der Waals surface area contributed by atoms with Crippen LogP contribution in [-0.2, 0) is 9.53 Å². The maximum absolute atomic E-state index is 12.8. The van der Waals surface area contributed by atoms with Crippen molar-refractivity contribution in [2.24, 2.45) is 0 Å². The van der Waals surface area contributed by atoms with E-state index in [1.54, 1.807) is 23.9 Å². The molecule has 7 nitrogen and oxygen atoms in total. The fourth-order valence-corrected chi connectivity index (χ4v) is 3.46. The number of amides is 1. The average molecular weight is 384 g/mol. The maximum Gasteiger partial charge on any atom is 0.341 e. The minimum absolute atomic E-state index is 0.107. The number of nitrogens with one attached hydrogen (secondary N) is 2. The van der Waals surface area contributed by atoms with Gasteiger partial charge in [0, 0.05) is 18.7 Å². The third-order valence-corrected chi connectivity index (χ3v) is 5.01. The Morgan fingerprint density at radius 2 is 2.07 bits per heavy atom. The van der Waals surface area contributed by atoms with Gasteiger partial charge in [-0.2, -0.15) is 5.10 Å². The number of hydrogen-bond acceptors (Lipinski definition) is 5. The van der Waals surface area contributed by atoms with Crippen LogP contribution >= 0.6 is 0 Å². The van der Waals surface area contributed by atoms with Crippen molar-refractivity contribution in [2.45, 2.75) is 59.1 Å². The zero-order chi connectivity index (χ0) is 20.4. The Labute approximate surface area is 165 Å². The summed E-state index contributed by atoms with van der Waals surface area (Å²) in [6.07, 6.45) is 1.71. The third kappa shape index (κ3) is 4.03. The molecule has 1 aromatic carbocycles. The van der Waals surface area contributed by atoms with E-state index in [4.69, 9.17) is 4.74 Å². The zero-order valence-electron chi connectivity index (χ0n) is 17.1. The van der Waals surface area contributed by atoms with Crippen LogP contribution in [0, 0.1) is 6.92 Å². The first-order chi connectivity index (χ1) is 13.3. The summed E-state index contributed by atoms with van der Waals surface area (Å²) in [6, 6.07) is 5.74. The molecule has 2 heterocycles. The number of aromatic nitrogens is 2. The van der Waals surface area contributed by atoms with E-state index >= 15 is 0 Å². The molecule has 2 atom stereocenters. The summed E-state index contributed by atoms with van der Waals surface area (Å²) >= 11 is 0. The summed E-state index contributed by atoms with van der Waals surface area (Å²) in [6.45, 7) is 10.4. The molecule has 0 saturated heterocycles. The van der Waals surface area contributed by atoms with E-state index in [0.717, 1.165) is 29.8 Å². The van der Waals surface area contributed by atoms with Crippen molar-refractivity contribution >= 4 is 23.4 Å². The van der Waals surface area contributed by atoms with Gasteiger partial charge in [0.15, 0.2) is 6.10 Å². The molecule has 28 heavy (non-hydrogen) atoms. The van der Waals surface area contributed by atoms with Crippen LogP contribution in [0.1, 0.15) is 67.6 Å². The van der Waals surface area contributed by atoms with Crippen LogP contribution in [0.5, 0.6) is 0 Å². The van der Waals surface area contributed by atoms with Gasteiger partial charge < -0.3 is 15.4 Å². The summed E-state index contributed by atoms with van der Waals surface area (Å²) < 4.78 is 7.19. The second kappa shape index (κ2) is 8.04. The number of benzene rings is 1. The van der Waals surface area contributed by atoms with Crippen molar-refractivity contribution in [3.05, 3.63) is 41.1 Å². The van der Waals surface area contributed by atoms with E-state index in [9.17, 15) is 9.59 Å². The van der Waals surface area contributed by atoms with Gasteiger partial charge in [0.05, 0.1) is 17.4 Å². The van der Waals surface area contributed by atoms with E-state index < -0.39 is 18.0 Å². The number of anilines is 2. The van der Waals surface area contributed by atoms with Crippen LogP contribution in [0.3, 0.4) is 0 Å². The fraction of sp³-hybridized carbons (Fsp3) is 0.476. The largest absolute Gasteiger partial charge is 0.449 e. The number of aryl methyl sites for hydroxylation is 1. The Kier molecular flexibility index (Phi) is 5.72. The van der Waals surface area contributed by atoms with Gasteiger partial charge in [0.1, 0.15) is 5.82 Å². The predicted molar refractivity (Wildman–Crippen MR) is 109 cm³/mol. The highest BCUT2D eigenvalue weighted by atomic mass is 16.5. The molecule has 0 saturated carbocycles. The molecule has 0 bridgehead atoms. The van der Waals surface area contributed by atoms with Crippen molar-refractivity contribution in [3.63, 3.8) is 0 Å². The summed E-state index contributed by atoms with van der Waals surface area (Å²) in [5.41, 5.74) is 3.42. The van der Waals surface area contributed by atoms with Crippen molar-refractivity contribution in [1.29, 1.82) is 0 Å². The number of carbonyl (C=O) groups is 2. The lowest BCUT2D eigenvalue weighted by Gasteiger charge is -2.26. The molecule has 0 radical (unpaired) electrons. The predicted octanol–water partition coefficient (Wildman–Crippen LogP) is 3.88. The molecule has 2 aromatic rings. The molecule has 1 aliphatic rings. The molecule has 2 N–H and O–H groups in total. The number of hydrogen-bond donors (Lipinski definition) is 2. The van der Waals surface area contributed by atoms with E-state index in [1.807, 2.05) is 26.8 Å². The number of carbonyl (C=O) groups excluding carboxylic acids is 2. The van der Waals surface area contributed by atoms with Crippen molar-refractivity contribution in [1.82, 2.24) is 9.78 Å². The lowest BCUT2D eigenvalue weighted by atomic mass is 9.89. The maximum atomic E-state index is 12.8. The lowest BCUT2D eigenvalue weighted by molar-refractivity contribution is -0.123. The Morgan fingerprint density at radius 3 is 2.79 bits per heavy atom.